The maximum absolute atomic E-state index is 9.38. The smallest absolute Gasteiger partial charge is 0.107 e. The van der Waals surface area contributed by atoms with E-state index in [1.165, 1.54) is 0 Å². The van der Waals surface area contributed by atoms with Crippen molar-refractivity contribution in [3.63, 3.8) is 0 Å². The van der Waals surface area contributed by atoms with E-state index < -0.39 is 0 Å². The van der Waals surface area contributed by atoms with Gasteiger partial charge < -0.3 is 15.2 Å². The Labute approximate surface area is 112 Å². The van der Waals surface area contributed by atoms with Crippen molar-refractivity contribution in [3.8, 4) is 0 Å². The Morgan fingerprint density at radius 1 is 1.69 bits per heavy atom. The molecule has 1 fully saturated rings. The van der Waals surface area contributed by atoms with Crippen LogP contribution in [0.5, 0.6) is 0 Å². The molecule has 0 bridgehead atoms. The second kappa shape index (κ2) is 5.33. The van der Waals surface area contributed by atoms with E-state index in [0.29, 0.717) is 19.8 Å². The molecular formula is C10H13BrClNO2S. The summed E-state index contributed by atoms with van der Waals surface area (Å²) in [5, 5.41) is 12.7. The SMILES string of the molecule is OCC1(NCc2cc(Br)c(Cl)s2)CCOC1. The lowest BCUT2D eigenvalue weighted by molar-refractivity contribution is 0.120. The molecule has 2 N–H and O–H groups in total. The predicted octanol–water partition coefficient (Wildman–Crippen LogP) is 2.41. The van der Waals surface area contributed by atoms with E-state index in [1.54, 1.807) is 11.3 Å². The summed E-state index contributed by atoms with van der Waals surface area (Å²) in [5.74, 6) is 0. The molecule has 1 saturated heterocycles. The fourth-order valence-electron chi connectivity index (χ4n) is 1.68. The third kappa shape index (κ3) is 2.78. The maximum Gasteiger partial charge on any atom is 0.107 e. The zero-order chi connectivity index (χ0) is 11.6. The zero-order valence-electron chi connectivity index (χ0n) is 8.63. The second-order valence-corrected chi connectivity index (χ2v) is 6.52. The van der Waals surface area contributed by atoms with Gasteiger partial charge in [-0.05, 0) is 28.4 Å². The average molecular weight is 327 g/mol. The van der Waals surface area contributed by atoms with Crippen LogP contribution in [0.3, 0.4) is 0 Å². The number of hydrogen-bond acceptors (Lipinski definition) is 4. The van der Waals surface area contributed by atoms with Crippen LogP contribution < -0.4 is 5.32 Å². The molecule has 90 valence electrons. The van der Waals surface area contributed by atoms with Gasteiger partial charge in [0, 0.05) is 22.5 Å². The topological polar surface area (TPSA) is 41.5 Å². The largest absolute Gasteiger partial charge is 0.394 e. The number of thiophene rings is 1. The number of ether oxygens (including phenoxy) is 1. The molecule has 0 spiro atoms. The molecule has 3 nitrogen and oxygen atoms in total. The number of halogens is 2. The van der Waals surface area contributed by atoms with Crippen LogP contribution in [0.4, 0.5) is 0 Å². The Balaban J connectivity index is 1.95. The standard InChI is InChI=1S/C10H13BrClNO2S/c11-8-3-7(16-9(8)12)4-13-10(5-14)1-2-15-6-10/h3,13-14H,1-2,4-6H2. The minimum absolute atomic E-state index is 0.104. The summed E-state index contributed by atoms with van der Waals surface area (Å²) in [5.41, 5.74) is -0.275. The molecule has 1 atom stereocenters. The van der Waals surface area contributed by atoms with Gasteiger partial charge in [-0.2, -0.15) is 0 Å². The van der Waals surface area contributed by atoms with Gasteiger partial charge in [-0.25, -0.2) is 0 Å². The van der Waals surface area contributed by atoms with Crippen LogP contribution in [-0.4, -0.2) is 30.5 Å². The van der Waals surface area contributed by atoms with Crippen molar-refractivity contribution in [1.82, 2.24) is 5.32 Å². The van der Waals surface area contributed by atoms with Crippen molar-refractivity contribution in [3.05, 3.63) is 19.8 Å². The average Bonchev–Trinajstić information content (AvgIpc) is 2.85. The number of hydrogen-bond donors (Lipinski definition) is 2. The number of nitrogens with one attached hydrogen (secondary N) is 1. The van der Waals surface area contributed by atoms with Gasteiger partial charge in [0.25, 0.3) is 0 Å². The highest BCUT2D eigenvalue weighted by atomic mass is 79.9. The molecule has 0 aromatic carbocycles. The first kappa shape index (κ1) is 12.8. The summed E-state index contributed by atoms with van der Waals surface area (Å²) in [7, 11) is 0. The van der Waals surface area contributed by atoms with Crippen LogP contribution >= 0.6 is 38.9 Å². The van der Waals surface area contributed by atoms with Crippen LogP contribution in [0, 0.1) is 0 Å². The van der Waals surface area contributed by atoms with E-state index in [1.807, 2.05) is 6.07 Å². The molecule has 16 heavy (non-hydrogen) atoms. The molecule has 1 unspecified atom stereocenters. The van der Waals surface area contributed by atoms with Gasteiger partial charge >= 0.3 is 0 Å². The van der Waals surface area contributed by atoms with E-state index in [9.17, 15) is 5.11 Å². The lowest BCUT2D eigenvalue weighted by Gasteiger charge is -2.25. The predicted molar refractivity (Wildman–Crippen MR) is 69.1 cm³/mol. The van der Waals surface area contributed by atoms with Crippen molar-refractivity contribution in [2.75, 3.05) is 19.8 Å². The molecule has 1 aromatic heterocycles. The molecule has 2 heterocycles. The fourth-order valence-corrected chi connectivity index (χ4v) is 3.41. The minimum atomic E-state index is -0.275. The first-order valence-electron chi connectivity index (χ1n) is 5.02. The van der Waals surface area contributed by atoms with E-state index in [2.05, 4.69) is 21.2 Å². The highest BCUT2D eigenvalue weighted by molar-refractivity contribution is 9.10. The highest BCUT2D eigenvalue weighted by Gasteiger charge is 2.33. The quantitative estimate of drug-likeness (QED) is 0.893. The molecule has 1 aliphatic heterocycles. The van der Waals surface area contributed by atoms with Crippen LogP contribution in [0.1, 0.15) is 11.3 Å². The summed E-state index contributed by atoms with van der Waals surface area (Å²) in [6, 6.07) is 2.00. The van der Waals surface area contributed by atoms with Gasteiger partial charge in [0.2, 0.25) is 0 Å². The molecule has 0 saturated carbocycles. The molecule has 1 aliphatic rings. The van der Waals surface area contributed by atoms with Gasteiger partial charge in [-0.1, -0.05) is 11.6 Å². The van der Waals surface area contributed by atoms with Crippen molar-refractivity contribution in [2.24, 2.45) is 0 Å². The van der Waals surface area contributed by atoms with Gasteiger partial charge in [0.15, 0.2) is 0 Å². The van der Waals surface area contributed by atoms with Gasteiger partial charge in [0.1, 0.15) is 4.34 Å². The first-order chi connectivity index (χ1) is 7.65. The van der Waals surface area contributed by atoms with Gasteiger partial charge in [0.05, 0.1) is 18.8 Å². The van der Waals surface area contributed by atoms with E-state index >= 15 is 0 Å². The molecule has 0 aliphatic carbocycles. The van der Waals surface area contributed by atoms with Crippen molar-refractivity contribution >= 4 is 38.9 Å². The van der Waals surface area contributed by atoms with E-state index in [4.69, 9.17) is 16.3 Å². The number of rotatable bonds is 4. The Kier molecular flexibility index (Phi) is 4.26. The van der Waals surface area contributed by atoms with Crippen LogP contribution in [-0.2, 0) is 11.3 Å². The normalized spacial score (nSPS) is 25.2. The van der Waals surface area contributed by atoms with Crippen molar-refractivity contribution in [1.29, 1.82) is 0 Å². The van der Waals surface area contributed by atoms with E-state index in [-0.39, 0.29) is 12.1 Å². The van der Waals surface area contributed by atoms with Crippen LogP contribution in [0.15, 0.2) is 10.5 Å². The third-order valence-electron chi connectivity index (χ3n) is 2.74. The van der Waals surface area contributed by atoms with Crippen LogP contribution in [0.25, 0.3) is 0 Å². The van der Waals surface area contributed by atoms with Gasteiger partial charge in [-0.3, -0.25) is 0 Å². The Hall–Kier alpha value is 0.350. The number of aliphatic hydroxyl groups is 1. The third-order valence-corrected chi connectivity index (χ3v) is 5.21. The van der Waals surface area contributed by atoms with E-state index in [0.717, 1.165) is 20.1 Å². The van der Waals surface area contributed by atoms with Crippen molar-refractivity contribution < 1.29 is 9.84 Å². The molecule has 1 aromatic rings. The molecule has 6 heteroatoms. The molecule has 0 radical (unpaired) electrons. The monoisotopic (exact) mass is 325 g/mol. The summed E-state index contributed by atoms with van der Waals surface area (Å²) < 4.78 is 7.00. The molecule has 0 amide bonds. The summed E-state index contributed by atoms with van der Waals surface area (Å²) >= 11 is 10.9. The van der Waals surface area contributed by atoms with Gasteiger partial charge in [-0.15, -0.1) is 11.3 Å². The lowest BCUT2D eigenvalue weighted by Crippen LogP contribution is -2.48. The molecular weight excluding hydrogens is 314 g/mol. The Bertz CT molecular complexity index is 346. The Morgan fingerprint density at radius 3 is 3.00 bits per heavy atom. The van der Waals surface area contributed by atoms with Crippen LogP contribution in [0.2, 0.25) is 4.34 Å². The first-order valence-corrected chi connectivity index (χ1v) is 7.01. The summed E-state index contributed by atoms with van der Waals surface area (Å²) in [6.45, 7) is 2.10. The number of aliphatic hydroxyl groups excluding tert-OH is 1. The summed E-state index contributed by atoms with van der Waals surface area (Å²) in [6.07, 6.45) is 0.851. The lowest BCUT2D eigenvalue weighted by atomic mass is 10.0. The zero-order valence-corrected chi connectivity index (χ0v) is 11.8. The molecule has 2 rings (SSSR count). The highest BCUT2D eigenvalue weighted by Crippen LogP contribution is 2.32. The Morgan fingerprint density at radius 2 is 2.50 bits per heavy atom. The fraction of sp³-hybridized carbons (Fsp3) is 0.600. The maximum atomic E-state index is 9.38. The summed E-state index contributed by atoms with van der Waals surface area (Å²) in [4.78, 5) is 1.15. The second-order valence-electron chi connectivity index (χ2n) is 3.93. The van der Waals surface area contributed by atoms with Crippen molar-refractivity contribution in [2.45, 2.75) is 18.5 Å². The minimum Gasteiger partial charge on any atom is -0.394 e.